The van der Waals surface area contributed by atoms with Crippen LogP contribution in [0.5, 0.6) is 17.2 Å². The first kappa shape index (κ1) is 9.18. The number of carboxylic acids is 1. The first-order chi connectivity index (χ1) is 6.00. The fraction of sp³-hybridized carbons (Fsp3) is 0.125. The average molecular weight is 184 g/mol. The fourth-order valence-corrected chi connectivity index (χ4v) is 0.960. The Hall–Kier alpha value is -1.91. The maximum Gasteiger partial charge on any atom is 0.308 e. The highest BCUT2D eigenvalue weighted by atomic mass is 16.4. The lowest BCUT2D eigenvalue weighted by Gasteiger charge is -2.04. The summed E-state index contributed by atoms with van der Waals surface area (Å²) in [5.74, 6) is -2.35. The Kier molecular flexibility index (Phi) is 2.27. The summed E-state index contributed by atoms with van der Waals surface area (Å²) in [6.07, 6.45) is -0.488. The average Bonchev–Trinajstić information content (AvgIpc) is 1.96. The SMILES string of the molecule is O=C(O)Cc1c(O)cc(O)cc1O. The Bertz CT molecular complexity index is 321. The topological polar surface area (TPSA) is 98.0 Å². The number of aromatic hydroxyl groups is 3. The van der Waals surface area contributed by atoms with E-state index >= 15 is 0 Å². The predicted octanol–water partition coefficient (Wildman–Crippen LogP) is 0.430. The summed E-state index contributed by atoms with van der Waals surface area (Å²) in [6, 6.07) is 1.94. The van der Waals surface area contributed by atoms with Crippen molar-refractivity contribution in [3.8, 4) is 17.2 Å². The molecular weight excluding hydrogens is 176 g/mol. The predicted molar refractivity (Wildman–Crippen MR) is 42.8 cm³/mol. The molecule has 0 bridgehead atoms. The molecule has 0 spiro atoms. The van der Waals surface area contributed by atoms with Crippen LogP contribution in [0.1, 0.15) is 5.56 Å². The zero-order valence-corrected chi connectivity index (χ0v) is 6.56. The van der Waals surface area contributed by atoms with Gasteiger partial charge in [-0.15, -0.1) is 0 Å². The minimum absolute atomic E-state index is 0.106. The number of hydrogen-bond acceptors (Lipinski definition) is 4. The van der Waals surface area contributed by atoms with Crippen molar-refractivity contribution in [1.82, 2.24) is 0 Å². The van der Waals surface area contributed by atoms with Gasteiger partial charge in [0, 0.05) is 17.7 Å². The van der Waals surface area contributed by atoms with Gasteiger partial charge >= 0.3 is 5.97 Å². The molecule has 0 unspecified atom stereocenters. The van der Waals surface area contributed by atoms with E-state index in [1.54, 1.807) is 0 Å². The number of rotatable bonds is 2. The van der Waals surface area contributed by atoms with Crippen molar-refractivity contribution in [2.75, 3.05) is 0 Å². The van der Waals surface area contributed by atoms with E-state index in [0.717, 1.165) is 12.1 Å². The number of phenolic OH excluding ortho intramolecular Hbond substituents is 3. The van der Waals surface area contributed by atoms with Gasteiger partial charge in [-0.25, -0.2) is 0 Å². The Labute approximate surface area is 73.5 Å². The summed E-state index contributed by atoms with van der Waals surface area (Å²) in [6.45, 7) is 0. The molecule has 1 aromatic rings. The summed E-state index contributed by atoms with van der Waals surface area (Å²) >= 11 is 0. The van der Waals surface area contributed by atoms with E-state index in [0.29, 0.717) is 0 Å². The second kappa shape index (κ2) is 3.22. The first-order valence-corrected chi connectivity index (χ1v) is 3.46. The monoisotopic (exact) mass is 184 g/mol. The molecule has 1 aromatic carbocycles. The van der Waals surface area contributed by atoms with Gasteiger partial charge in [0.05, 0.1) is 6.42 Å². The van der Waals surface area contributed by atoms with Crippen LogP contribution in [-0.4, -0.2) is 26.4 Å². The van der Waals surface area contributed by atoms with Crippen LogP contribution in [0, 0.1) is 0 Å². The van der Waals surface area contributed by atoms with Gasteiger partial charge in [-0.1, -0.05) is 0 Å². The van der Waals surface area contributed by atoms with E-state index < -0.39 is 23.9 Å². The number of aliphatic carboxylic acids is 1. The van der Waals surface area contributed by atoms with Gasteiger partial charge in [0.1, 0.15) is 17.2 Å². The van der Waals surface area contributed by atoms with E-state index in [2.05, 4.69) is 0 Å². The molecular formula is C8H8O5. The molecule has 0 saturated heterocycles. The molecule has 0 atom stereocenters. The third-order valence-electron chi connectivity index (χ3n) is 1.52. The lowest BCUT2D eigenvalue weighted by Crippen LogP contribution is -2.00. The van der Waals surface area contributed by atoms with Gasteiger partial charge in [0.2, 0.25) is 0 Å². The van der Waals surface area contributed by atoms with Crippen LogP contribution < -0.4 is 0 Å². The minimum atomic E-state index is -1.17. The summed E-state index contributed by atoms with van der Waals surface area (Å²) in [5.41, 5.74) is -0.106. The van der Waals surface area contributed by atoms with Crippen molar-refractivity contribution in [2.24, 2.45) is 0 Å². The van der Waals surface area contributed by atoms with Crippen LogP contribution in [-0.2, 0) is 11.2 Å². The Morgan fingerprint density at radius 2 is 1.62 bits per heavy atom. The molecule has 0 aliphatic carbocycles. The third-order valence-corrected chi connectivity index (χ3v) is 1.52. The van der Waals surface area contributed by atoms with Gasteiger partial charge in [-0.05, 0) is 0 Å². The molecule has 0 heterocycles. The van der Waals surface area contributed by atoms with Crippen LogP contribution in [0.4, 0.5) is 0 Å². The van der Waals surface area contributed by atoms with Crippen molar-refractivity contribution >= 4 is 5.97 Å². The molecule has 0 aromatic heterocycles. The van der Waals surface area contributed by atoms with Crippen molar-refractivity contribution in [1.29, 1.82) is 0 Å². The molecule has 0 amide bonds. The standard InChI is InChI=1S/C8H8O5/c9-4-1-6(10)5(3-8(12)13)7(11)2-4/h1-2,9-11H,3H2,(H,12,13). The Morgan fingerprint density at radius 3 is 2.00 bits per heavy atom. The summed E-state index contributed by atoms with van der Waals surface area (Å²) in [5, 5.41) is 35.6. The summed E-state index contributed by atoms with van der Waals surface area (Å²) in [7, 11) is 0. The molecule has 70 valence electrons. The number of benzene rings is 1. The van der Waals surface area contributed by atoms with Crippen LogP contribution >= 0.6 is 0 Å². The van der Waals surface area contributed by atoms with Crippen molar-refractivity contribution in [2.45, 2.75) is 6.42 Å². The molecule has 0 radical (unpaired) electrons. The second-order valence-corrected chi connectivity index (χ2v) is 2.53. The smallest absolute Gasteiger partial charge is 0.308 e. The molecule has 13 heavy (non-hydrogen) atoms. The highest BCUT2D eigenvalue weighted by molar-refractivity contribution is 5.73. The minimum Gasteiger partial charge on any atom is -0.508 e. The van der Waals surface area contributed by atoms with E-state index in [9.17, 15) is 4.79 Å². The molecule has 0 saturated carbocycles. The normalized spacial score (nSPS) is 9.85. The summed E-state index contributed by atoms with van der Waals surface area (Å²) < 4.78 is 0. The lowest BCUT2D eigenvalue weighted by atomic mass is 10.1. The fourth-order valence-electron chi connectivity index (χ4n) is 0.960. The number of carboxylic acid groups (broad SMARTS) is 1. The van der Waals surface area contributed by atoms with Gasteiger partial charge < -0.3 is 20.4 Å². The summed E-state index contributed by atoms with van der Waals surface area (Å²) in [4.78, 5) is 10.3. The lowest BCUT2D eigenvalue weighted by molar-refractivity contribution is -0.136. The van der Waals surface area contributed by atoms with Crippen LogP contribution in [0.2, 0.25) is 0 Å². The largest absolute Gasteiger partial charge is 0.508 e. The first-order valence-electron chi connectivity index (χ1n) is 3.46. The number of carbonyl (C=O) groups is 1. The quantitative estimate of drug-likeness (QED) is 0.534. The zero-order valence-electron chi connectivity index (χ0n) is 6.56. The van der Waals surface area contributed by atoms with E-state index in [4.69, 9.17) is 20.4 Å². The molecule has 1 rings (SSSR count). The van der Waals surface area contributed by atoms with Gasteiger partial charge in [0.15, 0.2) is 0 Å². The Balaban J connectivity index is 3.13. The maximum absolute atomic E-state index is 10.3. The van der Waals surface area contributed by atoms with Crippen molar-refractivity contribution in [3.63, 3.8) is 0 Å². The van der Waals surface area contributed by atoms with E-state index in [1.165, 1.54) is 0 Å². The van der Waals surface area contributed by atoms with Crippen molar-refractivity contribution < 1.29 is 25.2 Å². The molecule has 5 nitrogen and oxygen atoms in total. The third kappa shape index (κ3) is 2.02. The van der Waals surface area contributed by atoms with Crippen LogP contribution in [0.15, 0.2) is 12.1 Å². The van der Waals surface area contributed by atoms with E-state index in [1.807, 2.05) is 0 Å². The van der Waals surface area contributed by atoms with Gasteiger partial charge in [-0.2, -0.15) is 0 Å². The number of hydrogen-bond donors (Lipinski definition) is 4. The zero-order chi connectivity index (χ0) is 10.0. The van der Waals surface area contributed by atoms with Gasteiger partial charge in [-0.3, -0.25) is 4.79 Å². The second-order valence-electron chi connectivity index (χ2n) is 2.53. The maximum atomic E-state index is 10.3. The van der Waals surface area contributed by atoms with Crippen LogP contribution in [0.3, 0.4) is 0 Å². The van der Waals surface area contributed by atoms with Crippen molar-refractivity contribution in [3.05, 3.63) is 17.7 Å². The number of phenols is 3. The Morgan fingerprint density at radius 1 is 1.15 bits per heavy atom. The highest BCUT2D eigenvalue weighted by Crippen LogP contribution is 2.31. The molecule has 0 fully saturated rings. The molecule has 5 heteroatoms. The molecule has 4 N–H and O–H groups in total. The van der Waals surface area contributed by atoms with Crippen LogP contribution in [0.25, 0.3) is 0 Å². The molecule has 0 aliphatic rings. The van der Waals surface area contributed by atoms with Gasteiger partial charge in [0.25, 0.3) is 0 Å². The molecule has 0 aliphatic heterocycles. The highest BCUT2D eigenvalue weighted by Gasteiger charge is 2.12. The van der Waals surface area contributed by atoms with E-state index in [-0.39, 0.29) is 11.3 Å².